The summed E-state index contributed by atoms with van der Waals surface area (Å²) in [6.07, 6.45) is 1.53. The Labute approximate surface area is 278 Å². The maximum Gasteiger partial charge on any atom is 0.372 e. The highest BCUT2D eigenvalue weighted by Crippen LogP contribution is 2.35. The second-order valence-electron chi connectivity index (χ2n) is 10.9. The molecule has 1 amide bonds. The molecule has 12 heteroatoms. The number of fused-ring (bicyclic) bond motifs is 1. The summed E-state index contributed by atoms with van der Waals surface area (Å²) in [5.41, 5.74) is 2.74. The van der Waals surface area contributed by atoms with Crippen LogP contribution >= 0.6 is 11.6 Å². The molecule has 0 spiro atoms. The van der Waals surface area contributed by atoms with Gasteiger partial charge >= 0.3 is 5.97 Å². The first kappa shape index (κ1) is 33.6. The molecule has 0 aliphatic carbocycles. The number of amides is 1. The van der Waals surface area contributed by atoms with Crippen molar-refractivity contribution in [3.8, 4) is 0 Å². The molecule has 10 nitrogen and oxygen atoms in total. The normalized spacial score (nSPS) is 11.5. The number of halogens is 1. The van der Waals surface area contributed by atoms with Gasteiger partial charge in [0.25, 0.3) is 15.9 Å². The van der Waals surface area contributed by atoms with Crippen LogP contribution in [0.15, 0.2) is 92.8 Å². The van der Waals surface area contributed by atoms with E-state index in [1.54, 1.807) is 55.1 Å². The fourth-order valence-electron chi connectivity index (χ4n) is 5.67. The molecule has 0 aliphatic heterocycles. The molecule has 47 heavy (non-hydrogen) atoms. The van der Waals surface area contributed by atoms with E-state index in [2.05, 4.69) is 4.90 Å². The van der Waals surface area contributed by atoms with Crippen LogP contribution in [-0.2, 0) is 23.1 Å². The SMILES string of the molecule is CCN(CC)c1ccc(CN(Cc2ccco2)C(=O)c2ccccc2Cl)c(N(CC)S(=O)(=O)c2ccc3oc(C(=O)O)c(C)c3c2)c1. The summed E-state index contributed by atoms with van der Waals surface area (Å²) >= 11 is 6.44. The predicted molar refractivity (Wildman–Crippen MR) is 182 cm³/mol. The van der Waals surface area contributed by atoms with Gasteiger partial charge in [-0.15, -0.1) is 0 Å². The number of carbonyl (C=O) groups is 2. The number of sulfonamides is 1. The van der Waals surface area contributed by atoms with Crippen molar-refractivity contribution in [1.82, 2.24) is 4.90 Å². The third kappa shape index (κ3) is 6.72. The number of carboxylic acids is 1. The molecular weight excluding hydrogens is 642 g/mol. The van der Waals surface area contributed by atoms with Gasteiger partial charge in [-0.2, -0.15) is 0 Å². The Balaban J connectivity index is 1.63. The number of benzene rings is 3. The lowest BCUT2D eigenvalue weighted by Crippen LogP contribution is -2.34. The fourth-order valence-corrected chi connectivity index (χ4v) is 7.41. The number of furan rings is 2. The van der Waals surface area contributed by atoms with Gasteiger partial charge in [-0.1, -0.05) is 29.8 Å². The maximum absolute atomic E-state index is 14.4. The zero-order chi connectivity index (χ0) is 33.9. The number of hydrogen-bond donors (Lipinski definition) is 1. The van der Waals surface area contributed by atoms with E-state index in [1.165, 1.54) is 28.8 Å². The minimum absolute atomic E-state index is 0.0218. The van der Waals surface area contributed by atoms with Gasteiger partial charge in [0.2, 0.25) is 5.76 Å². The van der Waals surface area contributed by atoms with Crippen molar-refractivity contribution in [2.24, 2.45) is 0 Å². The van der Waals surface area contributed by atoms with Crippen LogP contribution in [0.5, 0.6) is 0 Å². The molecule has 2 aromatic heterocycles. The first-order valence-electron chi connectivity index (χ1n) is 15.2. The average molecular weight is 678 g/mol. The highest BCUT2D eigenvalue weighted by atomic mass is 35.5. The van der Waals surface area contributed by atoms with Gasteiger partial charge in [0.1, 0.15) is 11.3 Å². The number of anilines is 2. The van der Waals surface area contributed by atoms with Crippen molar-refractivity contribution < 1.29 is 31.9 Å². The van der Waals surface area contributed by atoms with Crippen molar-refractivity contribution in [2.75, 3.05) is 28.8 Å². The van der Waals surface area contributed by atoms with E-state index in [9.17, 15) is 23.1 Å². The van der Waals surface area contributed by atoms with E-state index in [-0.39, 0.29) is 41.8 Å². The lowest BCUT2D eigenvalue weighted by molar-refractivity contribution is 0.0662. The van der Waals surface area contributed by atoms with Crippen molar-refractivity contribution in [1.29, 1.82) is 0 Å². The summed E-state index contributed by atoms with van der Waals surface area (Å²) in [6, 6.07) is 20.2. The predicted octanol–water partition coefficient (Wildman–Crippen LogP) is 7.59. The number of aryl methyl sites for hydroxylation is 1. The Morgan fingerprint density at radius 2 is 1.64 bits per heavy atom. The number of carbonyl (C=O) groups excluding carboxylic acids is 1. The molecule has 0 fully saturated rings. The number of hydrogen-bond acceptors (Lipinski definition) is 7. The zero-order valence-electron chi connectivity index (χ0n) is 26.6. The van der Waals surface area contributed by atoms with Crippen LogP contribution in [-0.4, -0.2) is 49.9 Å². The Morgan fingerprint density at radius 1 is 0.894 bits per heavy atom. The standard InChI is InChI=1S/C35H36ClN3O7S/c1-5-37(6-2)25-15-14-24(21-38(22-26-11-10-18-45-26)34(40)28-12-8-9-13-30(28)36)31(19-25)39(7-3)47(43,44)27-16-17-32-29(20-27)23(4)33(46-32)35(41)42/h8-20H,5-7,21-22H2,1-4H3,(H,41,42). The molecule has 0 aliphatic rings. The van der Waals surface area contributed by atoms with Crippen molar-refractivity contribution in [3.05, 3.63) is 112 Å². The molecule has 0 saturated heterocycles. The van der Waals surface area contributed by atoms with Crippen molar-refractivity contribution in [3.63, 3.8) is 0 Å². The van der Waals surface area contributed by atoms with Crippen LogP contribution in [0.2, 0.25) is 5.02 Å². The molecule has 0 atom stereocenters. The summed E-state index contributed by atoms with van der Waals surface area (Å²) in [4.78, 5) is 29.3. The quantitative estimate of drug-likeness (QED) is 0.135. The molecule has 0 bridgehead atoms. The molecule has 1 N–H and O–H groups in total. The van der Waals surface area contributed by atoms with Crippen molar-refractivity contribution in [2.45, 2.75) is 45.7 Å². The van der Waals surface area contributed by atoms with Crippen LogP contribution in [0.4, 0.5) is 11.4 Å². The van der Waals surface area contributed by atoms with Crippen LogP contribution in [0, 0.1) is 6.92 Å². The van der Waals surface area contributed by atoms with E-state index >= 15 is 0 Å². The lowest BCUT2D eigenvalue weighted by Gasteiger charge is -2.30. The highest BCUT2D eigenvalue weighted by Gasteiger charge is 2.30. The largest absolute Gasteiger partial charge is 0.475 e. The third-order valence-corrected chi connectivity index (χ3v) is 10.3. The van der Waals surface area contributed by atoms with Gasteiger partial charge < -0.3 is 23.7 Å². The monoisotopic (exact) mass is 677 g/mol. The summed E-state index contributed by atoms with van der Waals surface area (Å²) in [5.74, 6) is -1.26. The van der Waals surface area contributed by atoms with E-state index in [0.29, 0.717) is 51.6 Å². The van der Waals surface area contributed by atoms with Crippen LogP contribution in [0.1, 0.15) is 58.6 Å². The number of carboxylic acid groups (broad SMARTS) is 1. The maximum atomic E-state index is 14.4. The molecule has 5 aromatic rings. The Bertz CT molecular complexity index is 2020. The number of aromatic carboxylic acids is 1. The average Bonchev–Trinajstić information content (AvgIpc) is 3.69. The zero-order valence-corrected chi connectivity index (χ0v) is 28.1. The second kappa shape index (κ2) is 13.9. The smallest absolute Gasteiger partial charge is 0.372 e. The summed E-state index contributed by atoms with van der Waals surface area (Å²) < 4.78 is 41.2. The molecule has 0 radical (unpaired) electrons. The van der Waals surface area contributed by atoms with Gasteiger partial charge in [-0.25, -0.2) is 13.2 Å². The van der Waals surface area contributed by atoms with Gasteiger partial charge in [-0.05, 0) is 87.9 Å². The van der Waals surface area contributed by atoms with Gasteiger partial charge in [0, 0.05) is 42.8 Å². The molecule has 246 valence electrons. The Morgan fingerprint density at radius 3 is 2.28 bits per heavy atom. The summed E-state index contributed by atoms with van der Waals surface area (Å²) in [6.45, 7) is 9.01. The summed E-state index contributed by atoms with van der Waals surface area (Å²) in [7, 11) is -4.18. The van der Waals surface area contributed by atoms with Gasteiger partial charge in [0.05, 0.1) is 34.0 Å². The topological polar surface area (TPSA) is 125 Å². The Hall–Kier alpha value is -4.74. The van der Waals surface area contributed by atoms with Crippen molar-refractivity contribution >= 4 is 55.8 Å². The molecule has 2 heterocycles. The summed E-state index contributed by atoms with van der Waals surface area (Å²) in [5, 5.41) is 10.2. The fraction of sp³-hybridized carbons (Fsp3) is 0.257. The van der Waals surface area contributed by atoms with E-state index in [4.69, 9.17) is 20.4 Å². The van der Waals surface area contributed by atoms with Crippen LogP contribution < -0.4 is 9.21 Å². The number of rotatable bonds is 13. The molecule has 3 aromatic carbocycles. The first-order chi connectivity index (χ1) is 22.5. The van der Waals surface area contributed by atoms with Crippen LogP contribution in [0.25, 0.3) is 11.0 Å². The Kier molecular flexibility index (Phi) is 9.97. The van der Waals surface area contributed by atoms with Gasteiger partial charge in [0.15, 0.2) is 0 Å². The van der Waals surface area contributed by atoms with E-state index in [1.807, 2.05) is 32.0 Å². The first-order valence-corrected chi connectivity index (χ1v) is 17.0. The molecule has 5 rings (SSSR count). The lowest BCUT2D eigenvalue weighted by atomic mass is 10.1. The minimum atomic E-state index is -4.18. The molecule has 0 unspecified atom stereocenters. The van der Waals surface area contributed by atoms with E-state index in [0.717, 1.165) is 5.69 Å². The number of nitrogens with zero attached hydrogens (tertiary/aromatic N) is 3. The second-order valence-corrected chi connectivity index (χ2v) is 13.2. The van der Waals surface area contributed by atoms with Gasteiger partial charge in [-0.3, -0.25) is 9.10 Å². The molecular formula is C35H36ClN3O7S. The minimum Gasteiger partial charge on any atom is -0.475 e. The highest BCUT2D eigenvalue weighted by molar-refractivity contribution is 7.92. The molecule has 0 saturated carbocycles. The van der Waals surface area contributed by atoms with E-state index < -0.39 is 16.0 Å². The third-order valence-electron chi connectivity index (χ3n) is 8.12. The van der Waals surface area contributed by atoms with Crippen LogP contribution in [0.3, 0.4) is 0 Å².